The number of esters is 1. The standard InChI is InChI=1S/C18H24N4O4S/c1-2-26-17(24)6-5-15(23)21-9-7-13(8-10-21)12-14-19-20-18(25)22(14)16-4-3-11-27-16/h3-4,11,13H,2,5-10,12H2,1H3,(H,20,25). The number of amides is 1. The van der Waals surface area contributed by atoms with Gasteiger partial charge in [-0.25, -0.2) is 14.5 Å². The number of likely N-dealkylation sites (tertiary alicyclic amines) is 1. The fourth-order valence-electron chi connectivity index (χ4n) is 3.34. The fraction of sp³-hybridized carbons (Fsp3) is 0.556. The molecule has 1 fully saturated rings. The average Bonchev–Trinajstić information content (AvgIpc) is 3.30. The first-order chi connectivity index (χ1) is 13.1. The van der Waals surface area contributed by atoms with E-state index in [4.69, 9.17) is 4.74 Å². The lowest BCUT2D eigenvalue weighted by Gasteiger charge is -2.31. The molecule has 1 aliphatic rings. The molecule has 2 aromatic heterocycles. The normalized spacial score (nSPS) is 15.1. The highest BCUT2D eigenvalue weighted by Gasteiger charge is 2.25. The molecular formula is C18H24N4O4S. The summed E-state index contributed by atoms with van der Waals surface area (Å²) in [6, 6.07) is 3.81. The van der Waals surface area contributed by atoms with Crippen molar-refractivity contribution >= 4 is 23.2 Å². The summed E-state index contributed by atoms with van der Waals surface area (Å²) in [6.07, 6.45) is 2.74. The van der Waals surface area contributed by atoms with Crippen LogP contribution in [0.1, 0.15) is 38.4 Å². The minimum Gasteiger partial charge on any atom is -0.466 e. The van der Waals surface area contributed by atoms with Gasteiger partial charge in [-0.1, -0.05) is 0 Å². The molecule has 3 rings (SSSR count). The molecule has 1 N–H and O–H groups in total. The number of rotatable bonds is 7. The van der Waals surface area contributed by atoms with Crippen molar-refractivity contribution in [3.8, 4) is 5.00 Å². The van der Waals surface area contributed by atoms with Crippen molar-refractivity contribution in [2.75, 3.05) is 19.7 Å². The first-order valence-corrected chi connectivity index (χ1v) is 10.1. The summed E-state index contributed by atoms with van der Waals surface area (Å²) in [7, 11) is 0. The second-order valence-electron chi connectivity index (χ2n) is 6.56. The summed E-state index contributed by atoms with van der Waals surface area (Å²) in [5.41, 5.74) is -0.223. The number of carbonyl (C=O) groups is 2. The summed E-state index contributed by atoms with van der Waals surface area (Å²) >= 11 is 1.50. The monoisotopic (exact) mass is 392 g/mol. The minimum absolute atomic E-state index is 0.00299. The zero-order valence-electron chi connectivity index (χ0n) is 15.3. The molecule has 1 amide bonds. The van der Waals surface area contributed by atoms with E-state index in [-0.39, 0.29) is 30.4 Å². The van der Waals surface area contributed by atoms with Gasteiger partial charge in [-0.3, -0.25) is 9.59 Å². The second-order valence-corrected chi connectivity index (χ2v) is 7.49. The Labute approximate surface area is 161 Å². The van der Waals surface area contributed by atoms with Gasteiger partial charge in [0.2, 0.25) is 5.91 Å². The number of carbonyl (C=O) groups excluding carboxylic acids is 2. The Bertz CT molecular complexity index is 819. The number of aromatic nitrogens is 3. The molecule has 0 unspecified atom stereocenters. The van der Waals surface area contributed by atoms with E-state index >= 15 is 0 Å². The lowest BCUT2D eigenvalue weighted by Crippen LogP contribution is -2.39. The number of aromatic amines is 1. The summed E-state index contributed by atoms with van der Waals surface area (Å²) in [6.45, 7) is 3.42. The molecule has 146 valence electrons. The molecule has 0 spiro atoms. The van der Waals surface area contributed by atoms with E-state index in [0.717, 1.165) is 23.7 Å². The summed E-state index contributed by atoms with van der Waals surface area (Å²) in [4.78, 5) is 37.5. The number of nitrogens with one attached hydrogen (secondary N) is 1. The van der Waals surface area contributed by atoms with Crippen molar-refractivity contribution in [1.82, 2.24) is 19.7 Å². The predicted octanol–water partition coefficient (Wildman–Crippen LogP) is 1.75. The third-order valence-corrected chi connectivity index (χ3v) is 5.61. The van der Waals surface area contributed by atoms with Gasteiger partial charge in [0, 0.05) is 25.9 Å². The molecule has 9 heteroatoms. The lowest BCUT2D eigenvalue weighted by atomic mass is 9.93. The van der Waals surface area contributed by atoms with Crippen LogP contribution in [-0.4, -0.2) is 51.2 Å². The van der Waals surface area contributed by atoms with Gasteiger partial charge in [-0.2, -0.15) is 5.10 Å². The Morgan fingerprint density at radius 1 is 1.33 bits per heavy atom. The molecular weight excluding hydrogens is 368 g/mol. The van der Waals surface area contributed by atoms with Gasteiger partial charge in [0.1, 0.15) is 10.8 Å². The van der Waals surface area contributed by atoms with Gasteiger partial charge in [0.15, 0.2) is 0 Å². The molecule has 0 bridgehead atoms. The Hall–Kier alpha value is -2.42. The summed E-state index contributed by atoms with van der Waals surface area (Å²) in [5, 5.41) is 9.51. The van der Waals surface area contributed by atoms with Crippen molar-refractivity contribution in [2.45, 2.75) is 39.0 Å². The third-order valence-electron chi connectivity index (χ3n) is 4.76. The number of nitrogens with zero attached hydrogens (tertiary/aromatic N) is 3. The van der Waals surface area contributed by atoms with E-state index in [1.54, 1.807) is 11.5 Å². The molecule has 3 heterocycles. The highest BCUT2D eigenvalue weighted by atomic mass is 32.1. The first kappa shape index (κ1) is 19.3. The van der Waals surface area contributed by atoms with Crippen LogP contribution in [-0.2, 0) is 20.7 Å². The van der Waals surface area contributed by atoms with Gasteiger partial charge in [-0.05, 0) is 43.2 Å². The molecule has 8 nitrogen and oxygen atoms in total. The molecule has 0 aromatic carbocycles. The first-order valence-electron chi connectivity index (χ1n) is 9.22. The van der Waals surface area contributed by atoms with E-state index in [1.807, 2.05) is 22.4 Å². The van der Waals surface area contributed by atoms with Crippen LogP contribution < -0.4 is 5.69 Å². The van der Waals surface area contributed by atoms with E-state index in [9.17, 15) is 14.4 Å². The van der Waals surface area contributed by atoms with E-state index in [1.165, 1.54) is 11.3 Å². The average molecular weight is 392 g/mol. The molecule has 1 saturated heterocycles. The number of ether oxygens (including phenoxy) is 1. The lowest BCUT2D eigenvalue weighted by molar-refractivity contribution is -0.146. The van der Waals surface area contributed by atoms with Crippen molar-refractivity contribution in [3.63, 3.8) is 0 Å². The van der Waals surface area contributed by atoms with E-state index < -0.39 is 0 Å². The Morgan fingerprint density at radius 3 is 2.78 bits per heavy atom. The second kappa shape index (κ2) is 8.98. The van der Waals surface area contributed by atoms with Gasteiger partial charge in [0.25, 0.3) is 0 Å². The van der Waals surface area contributed by atoms with Gasteiger partial charge in [0.05, 0.1) is 13.0 Å². The van der Waals surface area contributed by atoms with Crippen LogP contribution in [0.2, 0.25) is 0 Å². The van der Waals surface area contributed by atoms with Gasteiger partial charge < -0.3 is 9.64 Å². The van der Waals surface area contributed by atoms with Crippen molar-refractivity contribution in [2.24, 2.45) is 5.92 Å². The molecule has 1 aliphatic heterocycles. The third kappa shape index (κ3) is 4.85. The maximum Gasteiger partial charge on any atom is 0.348 e. The topological polar surface area (TPSA) is 97.3 Å². The quantitative estimate of drug-likeness (QED) is 0.724. The number of H-pyrrole nitrogens is 1. The molecule has 0 aliphatic carbocycles. The molecule has 2 aromatic rings. The maximum absolute atomic E-state index is 12.2. The van der Waals surface area contributed by atoms with Crippen LogP contribution in [0.4, 0.5) is 0 Å². The van der Waals surface area contributed by atoms with Gasteiger partial charge >= 0.3 is 11.7 Å². The molecule has 0 saturated carbocycles. The minimum atomic E-state index is -0.328. The van der Waals surface area contributed by atoms with Crippen LogP contribution >= 0.6 is 11.3 Å². The molecule has 0 atom stereocenters. The zero-order valence-corrected chi connectivity index (χ0v) is 16.2. The number of hydrogen-bond acceptors (Lipinski definition) is 6. The largest absolute Gasteiger partial charge is 0.466 e. The number of piperidine rings is 1. The highest BCUT2D eigenvalue weighted by molar-refractivity contribution is 7.12. The molecule has 0 radical (unpaired) electrons. The van der Waals surface area contributed by atoms with Crippen LogP contribution in [0.5, 0.6) is 0 Å². The van der Waals surface area contributed by atoms with Crippen molar-refractivity contribution in [1.29, 1.82) is 0 Å². The smallest absolute Gasteiger partial charge is 0.348 e. The highest BCUT2D eigenvalue weighted by Crippen LogP contribution is 2.23. The van der Waals surface area contributed by atoms with Crippen molar-refractivity contribution < 1.29 is 14.3 Å². The van der Waals surface area contributed by atoms with Gasteiger partial charge in [-0.15, -0.1) is 11.3 Å². The predicted molar refractivity (Wildman–Crippen MR) is 101 cm³/mol. The van der Waals surface area contributed by atoms with Crippen LogP contribution in [0.25, 0.3) is 5.00 Å². The fourth-order valence-corrected chi connectivity index (χ4v) is 4.08. The van der Waals surface area contributed by atoms with Crippen LogP contribution in [0.15, 0.2) is 22.3 Å². The van der Waals surface area contributed by atoms with E-state index in [0.29, 0.717) is 32.0 Å². The van der Waals surface area contributed by atoms with Crippen molar-refractivity contribution in [3.05, 3.63) is 33.8 Å². The Kier molecular flexibility index (Phi) is 6.44. The Balaban J connectivity index is 1.51. The number of hydrogen-bond donors (Lipinski definition) is 1. The Morgan fingerprint density at radius 2 is 2.11 bits per heavy atom. The van der Waals surface area contributed by atoms with Crippen LogP contribution in [0.3, 0.4) is 0 Å². The van der Waals surface area contributed by atoms with E-state index in [2.05, 4.69) is 10.2 Å². The summed E-state index contributed by atoms with van der Waals surface area (Å²) < 4.78 is 6.49. The number of thiophene rings is 1. The molecule has 27 heavy (non-hydrogen) atoms. The SMILES string of the molecule is CCOC(=O)CCC(=O)N1CCC(Cc2n[nH]c(=O)n2-c2cccs2)CC1. The van der Waals surface area contributed by atoms with Crippen LogP contribution in [0, 0.1) is 5.92 Å². The maximum atomic E-state index is 12.2. The zero-order chi connectivity index (χ0) is 19.2. The summed E-state index contributed by atoms with van der Waals surface area (Å²) in [5.74, 6) is 0.769.